The summed E-state index contributed by atoms with van der Waals surface area (Å²) in [4.78, 5) is 2.72. The monoisotopic (exact) mass is 355 g/mol. The number of nitrogens with zero attached hydrogens (tertiary/aromatic N) is 1. The first-order chi connectivity index (χ1) is 12.3. The Kier molecular flexibility index (Phi) is 5.28. The van der Waals surface area contributed by atoms with Gasteiger partial charge in [-0.15, -0.1) is 0 Å². The van der Waals surface area contributed by atoms with Gasteiger partial charge in [-0.25, -0.2) is 0 Å². The average Bonchev–Trinajstić information content (AvgIpc) is 2.64. The van der Waals surface area contributed by atoms with Crippen molar-refractivity contribution in [3.05, 3.63) is 59.1 Å². The van der Waals surface area contributed by atoms with Crippen LogP contribution in [0.1, 0.15) is 44.1 Å². The van der Waals surface area contributed by atoms with Crippen LogP contribution in [-0.4, -0.2) is 17.5 Å². The summed E-state index contributed by atoms with van der Waals surface area (Å²) >= 11 is 5.94. The molecule has 25 heavy (non-hydrogen) atoms. The van der Waals surface area contributed by atoms with Crippen LogP contribution in [-0.2, 0) is 6.54 Å². The van der Waals surface area contributed by atoms with E-state index >= 15 is 0 Å². The molecule has 1 aliphatic heterocycles. The molecule has 1 heterocycles. The second-order valence-electron chi connectivity index (χ2n) is 7.43. The molecule has 2 fully saturated rings. The van der Waals surface area contributed by atoms with E-state index in [0.29, 0.717) is 0 Å². The number of hydrogen-bond acceptors (Lipinski definition) is 2. The van der Waals surface area contributed by atoms with Gasteiger partial charge in [0.05, 0.1) is 0 Å². The number of halogens is 1. The highest BCUT2D eigenvalue weighted by Crippen LogP contribution is 2.36. The summed E-state index contributed by atoms with van der Waals surface area (Å²) in [7, 11) is 0. The summed E-state index contributed by atoms with van der Waals surface area (Å²) in [6, 6.07) is 16.9. The Balaban J connectivity index is 1.44. The van der Waals surface area contributed by atoms with Crippen molar-refractivity contribution in [2.75, 3.05) is 6.54 Å². The largest absolute Gasteiger partial charge is 0.457 e. The fraction of sp³-hybridized carbons (Fsp3) is 0.455. The fourth-order valence-electron chi connectivity index (χ4n) is 4.50. The molecule has 2 aliphatic rings. The molecule has 0 aromatic heterocycles. The van der Waals surface area contributed by atoms with Gasteiger partial charge >= 0.3 is 0 Å². The van der Waals surface area contributed by atoms with Crippen molar-refractivity contribution in [1.82, 2.24) is 4.90 Å². The third-order valence-electron chi connectivity index (χ3n) is 5.69. The summed E-state index contributed by atoms with van der Waals surface area (Å²) < 4.78 is 5.99. The van der Waals surface area contributed by atoms with Gasteiger partial charge in [-0.1, -0.05) is 36.6 Å². The van der Waals surface area contributed by atoms with Crippen LogP contribution < -0.4 is 4.74 Å². The average molecular weight is 356 g/mol. The third-order valence-corrected chi connectivity index (χ3v) is 5.94. The normalized spacial score (nSPS) is 23.9. The van der Waals surface area contributed by atoms with E-state index in [4.69, 9.17) is 16.3 Å². The van der Waals surface area contributed by atoms with E-state index in [1.54, 1.807) is 0 Å². The lowest BCUT2D eigenvalue weighted by molar-refractivity contribution is 0.0547. The van der Waals surface area contributed by atoms with Crippen LogP contribution in [0, 0.1) is 5.92 Å². The molecule has 3 heteroatoms. The molecule has 4 rings (SSSR count). The highest BCUT2D eigenvalue weighted by atomic mass is 35.5. The number of likely N-dealkylation sites (tertiary alicyclic amines) is 1. The van der Waals surface area contributed by atoms with Gasteiger partial charge in [-0.05, 0) is 80.1 Å². The Bertz CT molecular complexity index is 697. The van der Waals surface area contributed by atoms with Gasteiger partial charge in [0.2, 0.25) is 0 Å². The second-order valence-corrected chi connectivity index (χ2v) is 7.86. The topological polar surface area (TPSA) is 12.5 Å². The summed E-state index contributed by atoms with van der Waals surface area (Å²) in [6.07, 6.45) is 8.42. The van der Waals surface area contributed by atoms with Gasteiger partial charge in [0, 0.05) is 17.6 Å². The smallest absolute Gasteiger partial charge is 0.127 e. The van der Waals surface area contributed by atoms with Crippen molar-refractivity contribution in [3.8, 4) is 11.5 Å². The maximum absolute atomic E-state index is 5.99. The highest BCUT2D eigenvalue weighted by Gasteiger charge is 2.32. The molecule has 0 radical (unpaired) electrons. The Morgan fingerprint density at radius 3 is 2.60 bits per heavy atom. The predicted molar refractivity (Wildman–Crippen MR) is 103 cm³/mol. The van der Waals surface area contributed by atoms with Gasteiger partial charge in [0.25, 0.3) is 0 Å². The third kappa shape index (κ3) is 4.19. The van der Waals surface area contributed by atoms with Crippen molar-refractivity contribution in [2.24, 2.45) is 5.92 Å². The summed E-state index contributed by atoms with van der Waals surface area (Å²) in [5, 5.41) is 0.730. The van der Waals surface area contributed by atoms with E-state index in [9.17, 15) is 0 Å². The first-order valence-electron chi connectivity index (χ1n) is 9.54. The summed E-state index contributed by atoms with van der Waals surface area (Å²) in [6.45, 7) is 2.28. The van der Waals surface area contributed by atoms with E-state index in [1.807, 2.05) is 30.3 Å². The fourth-order valence-corrected chi connectivity index (χ4v) is 4.63. The number of benzene rings is 2. The molecule has 1 aliphatic carbocycles. The Morgan fingerprint density at radius 1 is 0.920 bits per heavy atom. The van der Waals surface area contributed by atoms with Crippen LogP contribution in [0.5, 0.6) is 11.5 Å². The van der Waals surface area contributed by atoms with E-state index in [1.165, 1.54) is 50.6 Å². The minimum Gasteiger partial charge on any atom is -0.457 e. The van der Waals surface area contributed by atoms with Gasteiger partial charge in [-0.2, -0.15) is 0 Å². The summed E-state index contributed by atoms with van der Waals surface area (Å²) in [5.41, 5.74) is 1.35. The van der Waals surface area contributed by atoms with Crippen molar-refractivity contribution in [1.29, 1.82) is 0 Å². The zero-order valence-electron chi connectivity index (χ0n) is 14.7. The first-order valence-corrected chi connectivity index (χ1v) is 9.92. The molecular weight excluding hydrogens is 330 g/mol. The van der Waals surface area contributed by atoms with Crippen molar-refractivity contribution >= 4 is 11.6 Å². The number of rotatable bonds is 4. The molecular formula is C22H26ClNO. The number of fused-ring (bicyclic) bond motifs is 1. The van der Waals surface area contributed by atoms with Crippen LogP contribution >= 0.6 is 11.6 Å². The lowest BCUT2D eigenvalue weighted by Crippen LogP contribution is -2.46. The molecule has 1 saturated carbocycles. The van der Waals surface area contributed by atoms with E-state index < -0.39 is 0 Å². The minimum absolute atomic E-state index is 0.730. The Hall–Kier alpha value is -1.51. The second kappa shape index (κ2) is 7.80. The van der Waals surface area contributed by atoms with Gasteiger partial charge in [0.1, 0.15) is 11.5 Å². The molecule has 0 N–H and O–H groups in total. The quantitative estimate of drug-likeness (QED) is 0.639. The molecule has 2 atom stereocenters. The first kappa shape index (κ1) is 16.9. The van der Waals surface area contributed by atoms with Crippen molar-refractivity contribution < 1.29 is 4.74 Å². The van der Waals surface area contributed by atoms with Gasteiger partial charge in [0.15, 0.2) is 0 Å². The van der Waals surface area contributed by atoms with Crippen molar-refractivity contribution in [3.63, 3.8) is 0 Å². The molecule has 2 nitrogen and oxygen atoms in total. The van der Waals surface area contributed by atoms with E-state index in [0.717, 1.165) is 35.0 Å². The lowest BCUT2D eigenvalue weighted by atomic mass is 9.78. The van der Waals surface area contributed by atoms with Crippen LogP contribution in [0.2, 0.25) is 5.02 Å². The van der Waals surface area contributed by atoms with Crippen LogP contribution in [0.3, 0.4) is 0 Å². The van der Waals surface area contributed by atoms with Gasteiger partial charge in [-0.3, -0.25) is 4.90 Å². The number of piperidine rings is 1. The highest BCUT2D eigenvalue weighted by molar-refractivity contribution is 6.30. The maximum atomic E-state index is 5.99. The molecule has 2 aromatic carbocycles. The molecule has 0 amide bonds. The molecule has 0 unspecified atom stereocenters. The standard InChI is InChI=1S/C22H26ClNO/c23-19-10-12-20(13-11-19)25-21-8-3-5-17(15-21)16-24-14-4-7-18-6-1-2-9-22(18)24/h3,5,8,10-13,15,18,22H,1-2,4,6-7,9,14,16H2/t18-,22+/m0/s1. The van der Waals surface area contributed by atoms with Crippen LogP contribution in [0.4, 0.5) is 0 Å². The lowest BCUT2D eigenvalue weighted by Gasteiger charge is -2.44. The van der Waals surface area contributed by atoms with Crippen molar-refractivity contribution in [2.45, 2.75) is 51.1 Å². The van der Waals surface area contributed by atoms with E-state index in [2.05, 4.69) is 23.1 Å². The maximum Gasteiger partial charge on any atom is 0.127 e. The Labute approximate surface area is 155 Å². The molecule has 0 spiro atoms. The predicted octanol–water partition coefficient (Wildman–Crippen LogP) is 6.29. The zero-order chi connectivity index (χ0) is 17.1. The SMILES string of the molecule is Clc1ccc(Oc2cccc(CN3CCC[C@@H]4CCCC[C@H]43)c2)cc1. The summed E-state index contributed by atoms with van der Waals surface area (Å²) in [5.74, 6) is 2.65. The van der Waals surface area contributed by atoms with Crippen LogP contribution in [0.15, 0.2) is 48.5 Å². The van der Waals surface area contributed by atoms with Crippen LogP contribution in [0.25, 0.3) is 0 Å². The zero-order valence-corrected chi connectivity index (χ0v) is 15.4. The number of hydrogen-bond donors (Lipinski definition) is 0. The Morgan fingerprint density at radius 2 is 1.72 bits per heavy atom. The number of ether oxygens (including phenoxy) is 1. The molecule has 0 bridgehead atoms. The minimum atomic E-state index is 0.730. The molecule has 132 valence electrons. The molecule has 1 saturated heterocycles. The van der Waals surface area contributed by atoms with Gasteiger partial charge < -0.3 is 4.74 Å². The molecule has 2 aromatic rings. The van der Waals surface area contributed by atoms with E-state index in [-0.39, 0.29) is 0 Å².